The number of piperidine rings is 1. The molecular formula is C15H21N3O3. The van der Waals surface area contributed by atoms with E-state index >= 15 is 0 Å². The van der Waals surface area contributed by atoms with Crippen LogP contribution in [-0.2, 0) is 6.42 Å². The number of hydrogen-bond donors (Lipinski definition) is 2. The molecule has 1 aliphatic rings. The summed E-state index contributed by atoms with van der Waals surface area (Å²) in [4.78, 5) is 22.9. The van der Waals surface area contributed by atoms with Gasteiger partial charge in [-0.2, -0.15) is 0 Å². The van der Waals surface area contributed by atoms with Gasteiger partial charge in [0.2, 0.25) is 0 Å². The van der Waals surface area contributed by atoms with E-state index in [-0.39, 0.29) is 17.6 Å². The number of aryl methyl sites for hydroxylation is 1. The minimum atomic E-state index is -0.428. The molecule has 0 saturated carbocycles. The Morgan fingerprint density at radius 2 is 2.29 bits per heavy atom. The molecule has 6 heteroatoms. The third-order valence-electron chi connectivity index (χ3n) is 4.03. The first-order chi connectivity index (χ1) is 10.0. The van der Waals surface area contributed by atoms with E-state index in [1.54, 1.807) is 12.1 Å². The van der Waals surface area contributed by atoms with Crippen molar-refractivity contribution in [2.75, 3.05) is 13.1 Å². The molecule has 0 radical (unpaired) electrons. The zero-order valence-corrected chi connectivity index (χ0v) is 12.4. The summed E-state index contributed by atoms with van der Waals surface area (Å²) in [6, 6.07) is 4.81. The predicted octanol–water partition coefficient (Wildman–Crippen LogP) is 1.88. The van der Waals surface area contributed by atoms with Gasteiger partial charge in [-0.25, -0.2) is 0 Å². The molecule has 2 atom stereocenters. The molecule has 2 N–H and O–H groups in total. The van der Waals surface area contributed by atoms with Crippen molar-refractivity contribution in [3.63, 3.8) is 0 Å². The molecule has 0 bridgehead atoms. The summed E-state index contributed by atoms with van der Waals surface area (Å²) in [5.41, 5.74) is 1.01. The highest BCUT2D eigenvalue weighted by atomic mass is 16.6. The van der Waals surface area contributed by atoms with E-state index in [2.05, 4.69) is 17.6 Å². The van der Waals surface area contributed by atoms with Gasteiger partial charge < -0.3 is 10.6 Å². The molecule has 2 rings (SSSR count). The number of nitrogens with one attached hydrogen (secondary N) is 2. The summed E-state index contributed by atoms with van der Waals surface area (Å²) in [5, 5.41) is 17.3. The predicted molar refractivity (Wildman–Crippen MR) is 80.4 cm³/mol. The van der Waals surface area contributed by atoms with Crippen LogP contribution in [0.1, 0.15) is 36.2 Å². The fourth-order valence-electron chi connectivity index (χ4n) is 2.65. The smallest absolute Gasteiger partial charge is 0.273 e. The first kappa shape index (κ1) is 15.4. The van der Waals surface area contributed by atoms with Crippen LogP contribution < -0.4 is 10.6 Å². The van der Waals surface area contributed by atoms with Crippen LogP contribution >= 0.6 is 0 Å². The van der Waals surface area contributed by atoms with Gasteiger partial charge in [-0.15, -0.1) is 0 Å². The van der Waals surface area contributed by atoms with Crippen LogP contribution in [-0.4, -0.2) is 30.0 Å². The summed E-state index contributed by atoms with van der Waals surface area (Å²) in [5.74, 6) is 0.118. The van der Waals surface area contributed by atoms with Crippen LogP contribution in [0, 0.1) is 16.0 Å². The number of carbonyl (C=O) groups excluding carboxylic acids is 1. The second-order valence-electron chi connectivity index (χ2n) is 5.50. The second-order valence-corrected chi connectivity index (χ2v) is 5.50. The van der Waals surface area contributed by atoms with Crippen LogP contribution in [0.3, 0.4) is 0 Å². The van der Waals surface area contributed by atoms with E-state index in [1.807, 2.05) is 6.92 Å². The van der Waals surface area contributed by atoms with Crippen molar-refractivity contribution in [2.24, 2.45) is 5.92 Å². The van der Waals surface area contributed by atoms with Gasteiger partial charge in [-0.3, -0.25) is 14.9 Å². The third-order valence-corrected chi connectivity index (χ3v) is 4.03. The Bertz CT molecular complexity index is 545. The average molecular weight is 291 g/mol. The van der Waals surface area contributed by atoms with Crippen molar-refractivity contribution in [1.29, 1.82) is 0 Å². The summed E-state index contributed by atoms with van der Waals surface area (Å²) in [6.07, 6.45) is 1.45. The fourth-order valence-corrected chi connectivity index (χ4v) is 2.65. The fraction of sp³-hybridized carbons (Fsp3) is 0.533. The molecule has 1 saturated heterocycles. The van der Waals surface area contributed by atoms with Crippen molar-refractivity contribution < 1.29 is 9.72 Å². The van der Waals surface area contributed by atoms with Crippen LogP contribution in [0.5, 0.6) is 0 Å². The van der Waals surface area contributed by atoms with E-state index < -0.39 is 4.92 Å². The average Bonchev–Trinajstić information content (AvgIpc) is 2.48. The van der Waals surface area contributed by atoms with Gasteiger partial charge in [-0.1, -0.05) is 19.9 Å². The minimum Gasteiger partial charge on any atom is -0.349 e. The van der Waals surface area contributed by atoms with Crippen molar-refractivity contribution in [1.82, 2.24) is 10.6 Å². The molecular weight excluding hydrogens is 270 g/mol. The largest absolute Gasteiger partial charge is 0.349 e. The molecule has 21 heavy (non-hydrogen) atoms. The number of nitro groups is 1. The SMILES string of the molecule is CCc1ccc(C(=O)NC2CCNCC2C)cc1[N+](=O)[O-]. The Labute approximate surface area is 124 Å². The first-order valence-electron chi connectivity index (χ1n) is 7.31. The number of carbonyl (C=O) groups is 1. The normalized spacial score (nSPS) is 21.8. The van der Waals surface area contributed by atoms with E-state index in [9.17, 15) is 14.9 Å². The van der Waals surface area contributed by atoms with Gasteiger partial charge in [0.25, 0.3) is 11.6 Å². The first-order valence-corrected chi connectivity index (χ1v) is 7.31. The second kappa shape index (κ2) is 6.67. The Kier molecular flexibility index (Phi) is 4.90. The van der Waals surface area contributed by atoms with Crippen LogP contribution in [0.2, 0.25) is 0 Å². The maximum atomic E-state index is 12.3. The molecule has 1 aromatic carbocycles. The lowest BCUT2D eigenvalue weighted by atomic mass is 9.95. The highest BCUT2D eigenvalue weighted by Crippen LogP contribution is 2.21. The van der Waals surface area contributed by atoms with Gasteiger partial charge in [0.1, 0.15) is 0 Å². The number of nitro benzene ring substituents is 1. The number of rotatable bonds is 4. The molecule has 1 heterocycles. The monoisotopic (exact) mass is 291 g/mol. The standard InChI is InChI=1S/C15H21N3O3/c1-3-11-4-5-12(8-14(11)18(20)21)15(19)17-13-6-7-16-9-10(13)2/h4-5,8,10,13,16H,3,6-7,9H2,1-2H3,(H,17,19). The lowest BCUT2D eigenvalue weighted by Crippen LogP contribution is -2.48. The zero-order valence-electron chi connectivity index (χ0n) is 12.4. The number of nitrogens with zero attached hydrogens (tertiary/aromatic N) is 1. The topological polar surface area (TPSA) is 84.3 Å². The molecule has 2 unspecified atom stereocenters. The number of hydrogen-bond acceptors (Lipinski definition) is 4. The van der Waals surface area contributed by atoms with Crippen molar-refractivity contribution >= 4 is 11.6 Å². The molecule has 1 fully saturated rings. The molecule has 1 aromatic rings. The Morgan fingerprint density at radius 3 is 2.90 bits per heavy atom. The zero-order chi connectivity index (χ0) is 15.4. The molecule has 6 nitrogen and oxygen atoms in total. The molecule has 0 aliphatic carbocycles. The van der Waals surface area contributed by atoms with Gasteiger partial charge in [0.15, 0.2) is 0 Å². The minimum absolute atomic E-state index is 0.0171. The maximum Gasteiger partial charge on any atom is 0.273 e. The number of benzene rings is 1. The highest BCUT2D eigenvalue weighted by molar-refractivity contribution is 5.95. The summed E-state index contributed by atoms with van der Waals surface area (Å²) in [7, 11) is 0. The van der Waals surface area contributed by atoms with Gasteiger partial charge in [-0.05, 0) is 37.9 Å². The third kappa shape index (κ3) is 3.58. The molecule has 1 aliphatic heterocycles. The maximum absolute atomic E-state index is 12.3. The van der Waals surface area contributed by atoms with Gasteiger partial charge in [0, 0.05) is 23.2 Å². The van der Waals surface area contributed by atoms with Crippen LogP contribution in [0.25, 0.3) is 0 Å². The van der Waals surface area contributed by atoms with Gasteiger partial charge in [0.05, 0.1) is 4.92 Å². The van der Waals surface area contributed by atoms with E-state index in [1.165, 1.54) is 6.07 Å². The summed E-state index contributed by atoms with van der Waals surface area (Å²) >= 11 is 0. The summed E-state index contributed by atoms with van der Waals surface area (Å²) in [6.45, 7) is 5.70. The lowest BCUT2D eigenvalue weighted by molar-refractivity contribution is -0.385. The van der Waals surface area contributed by atoms with Crippen molar-refractivity contribution in [3.8, 4) is 0 Å². The van der Waals surface area contributed by atoms with Crippen LogP contribution in [0.15, 0.2) is 18.2 Å². The van der Waals surface area contributed by atoms with E-state index in [0.717, 1.165) is 19.5 Å². The Balaban J connectivity index is 2.15. The van der Waals surface area contributed by atoms with E-state index in [4.69, 9.17) is 0 Å². The lowest BCUT2D eigenvalue weighted by Gasteiger charge is -2.30. The number of amides is 1. The Hall–Kier alpha value is -1.95. The molecule has 1 amide bonds. The highest BCUT2D eigenvalue weighted by Gasteiger charge is 2.24. The molecule has 114 valence electrons. The van der Waals surface area contributed by atoms with Crippen molar-refractivity contribution in [2.45, 2.75) is 32.7 Å². The van der Waals surface area contributed by atoms with E-state index in [0.29, 0.717) is 23.5 Å². The molecule has 0 aromatic heterocycles. The molecule has 0 spiro atoms. The Morgan fingerprint density at radius 1 is 1.52 bits per heavy atom. The van der Waals surface area contributed by atoms with Crippen LogP contribution in [0.4, 0.5) is 5.69 Å². The van der Waals surface area contributed by atoms with Gasteiger partial charge >= 0.3 is 0 Å². The van der Waals surface area contributed by atoms with Crippen molar-refractivity contribution in [3.05, 3.63) is 39.4 Å². The summed E-state index contributed by atoms with van der Waals surface area (Å²) < 4.78 is 0. The quantitative estimate of drug-likeness (QED) is 0.655.